The van der Waals surface area contributed by atoms with Gasteiger partial charge in [-0.1, -0.05) is 18.2 Å². The van der Waals surface area contributed by atoms with E-state index in [1.807, 2.05) is 10.8 Å². The highest BCUT2D eigenvalue weighted by atomic mass is 32.2. The molecule has 1 heterocycles. The van der Waals surface area contributed by atoms with Crippen LogP contribution in [0.2, 0.25) is 0 Å². The molecule has 1 aromatic rings. The third-order valence-electron chi connectivity index (χ3n) is 1.18. The first-order valence-corrected chi connectivity index (χ1v) is 4.49. The molecule has 0 unspecified atom stereocenters. The van der Waals surface area contributed by atoms with Gasteiger partial charge in [-0.2, -0.15) is 0 Å². The Balaban J connectivity index is 2.69. The fourth-order valence-electron chi connectivity index (χ4n) is 0.757. The number of allylic oxidation sites excluding steroid dienone is 1. The summed E-state index contributed by atoms with van der Waals surface area (Å²) in [5.41, 5.74) is 0. The summed E-state index contributed by atoms with van der Waals surface area (Å²) in [4.78, 5) is 0. The van der Waals surface area contributed by atoms with Crippen LogP contribution in [-0.2, 0) is 6.54 Å². The standard InChI is InChI=1S/C7H11N3S/c1-3-5-10-7(11-4-2)6-8-9-10/h3,6H,1,4-5H2,2H3. The Hall–Kier alpha value is -0.770. The molecule has 4 heteroatoms. The van der Waals surface area contributed by atoms with Crippen molar-refractivity contribution in [3.05, 3.63) is 18.9 Å². The van der Waals surface area contributed by atoms with Gasteiger partial charge in [-0.25, -0.2) is 4.68 Å². The molecule has 0 aliphatic rings. The van der Waals surface area contributed by atoms with Gasteiger partial charge in [0.25, 0.3) is 0 Å². The molecule has 0 bridgehead atoms. The molecule has 60 valence electrons. The summed E-state index contributed by atoms with van der Waals surface area (Å²) in [6, 6.07) is 0. The van der Waals surface area contributed by atoms with Gasteiger partial charge in [0, 0.05) is 0 Å². The van der Waals surface area contributed by atoms with Crippen molar-refractivity contribution in [2.45, 2.75) is 18.5 Å². The number of aromatic nitrogens is 3. The van der Waals surface area contributed by atoms with Crippen LogP contribution in [0.1, 0.15) is 6.92 Å². The van der Waals surface area contributed by atoms with Crippen LogP contribution in [0.15, 0.2) is 23.9 Å². The van der Waals surface area contributed by atoms with E-state index in [0.29, 0.717) is 0 Å². The number of rotatable bonds is 4. The van der Waals surface area contributed by atoms with Crippen molar-refractivity contribution in [2.75, 3.05) is 5.75 Å². The Bertz CT molecular complexity index is 231. The van der Waals surface area contributed by atoms with Crippen molar-refractivity contribution in [3.8, 4) is 0 Å². The van der Waals surface area contributed by atoms with Crippen LogP contribution >= 0.6 is 11.8 Å². The van der Waals surface area contributed by atoms with Gasteiger partial charge in [-0.15, -0.1) is 23.4 Å². The zero-order chi connectivity index (χ0) is 8.10. The van der Waals surface area contributed by atoms with Crippen molar-refractivity contribution in [1.82, 2.24) is 15.0 Å². The fourth-order valence-corrected chi connectivity index (χ4v) is 1.43. The summed E-state index contributed by atoms with van der Waals surface area (Å²) < 4.78 is 1.83. The van der Waals surface area contributed by atoms with Gasteiger partial charge in [-0.05, 0) is 5.75 Å². The summed E-state index contributed by atoms with van der Waals surface area (Å²) in [5, 5.41) is 8.81. The molecule has 0 saturated heterocycles. The molecule has 3 nitrogen and oxygen atoms in total. The van der Waals surface area contributed by atoms with Crippen molar-refractivity contribution in [2.24, 2.45) is 0 Å². The molecule has 0 N–H and O–H groups in total. The quantitative estimate of drug-likeness (QED) is 0.506. The second-order valence-corrected chi connectivity index (χ2v) is 3.26. The third kappa shape index (κ3) is 2.08. The van der Waals surface area contributed by atoms with E-state index in [1.54, 1.807) is 18.0 Å². The Kier molecular flexibility index (Phi) is 3.16. The molecule has 0 radical (unpaired) electrons. The second kappa shape index (κ2) is 4.18. The van der Waals surface area contributed by atoms with Crippen LogP contribution in [-0.4, -0.2) is 20.7 Å². The fraction of sp³-hybridized carbons (Fsp3) is 0.429. The van der Waals surface area contributed by atoms with Crippen molar-refractivity contribution in [1.29, 1.82) is 0 Å². The average molecular weight is 169 g/mol. The van der Waals surface area contributed by atoms with Crippen molar-refractivity contribution >= 4 is 11.8 Å². The maximum atomic E-state index is 3.90. The van der Waals surface area contributed by atoms with E-state index in [-0.39, 0.29) is 0 Å². The summed E-state index contributed by atoms with van der Waals surface area (Å²) >= 11 is 1.74. The zero-order valence-electron chi connectivity index (χ0n) is 6.53. The lowest BCUT2D eigenvalue weighted by Crippen LogP contribution is -1.98. The largest absolute Gasteiger partial charge is 0.235 e. The Labute approximate surface area is 70.5 Å². The number of thioether (sulfide) groups is 1. The minimum Gasteiger partial charge on any atom is -0.235 e. The van der Waals surface area contributed by atoms with E-state index in [0.717, 1.165) is 17.3 Å². The first-order valence-electron chi connectivity index (χ1n) is 3.50. The lowest BCUT2D eigenvalue weighted by atomic mass is 10.6. The lowest BCUT2D eigenvalue weighted by molar-refractivity contribution is 0.616. The second-order valence-electron chi connectivity index (χ2n) is 1.98. The molecular weight excluding hydrogens is 158 g/mol. The molecule has 0 saturated carbocycles. The van der Waals surface area contributed by atoms with Gasteiger partial charge in [0.1, 0.15) is 5.03 Å². The number of hydrogen-bond donors (Lipinski definition) is 0. The maximum Gasteiger partial charge on any atom is 0.115 e. The first kappa shape index (κ1) is 8.33. The van der Waals surface area contributed by atoms with E-state index in [9.17, 15) is 0 Å². The van der Waals surface area contributed by atoms with Gasteiger partial charge >= 0.3 is 0 Å². The summed E-state index contributed by atoms with van der Waals surface area (Å²) in [6.45, 7) is 6.48. The van der Waals surface area contributed by atoms with Gasteiger partial charge in [0.05, 0.1) is 12.7 Å². The van der Waals surface area contributed by atoms with E-state index < -0.39 is 0 Å². The van der Waals surface area contributed by atoms with E-state index in [4.69, 9.17) is 0 Å². The molecule has 0 aliphatic heterocycles. The minimum absolute atomic E-state index is 0.738. The normalized spacial score (nSPS) is 9.91. The summed E-state index contributed by atoms with van der Waals surface area (Å²) in [5.74, 6) is 1.05. The highest BCUT2D eigenvalue weighted by molar-refractivity contribution is 7.99. The molecular formula is C7H11N3S. The highest BCUT2D eigenvalue weighted by Gasteiger charge is 1.99. The Morgan fingerprint density at radius 3 is 3.27 bits per heavy atom. The van der Waals surface area contributed by atoms with Gasteiger partial charge < -0.3 is 0 Å². The smallest absolute Gasteiger partial charge is 0.115 e. The molecule has 11 heavy (non-hydrogen) atoms. The van der Waals surface area contributed by atoms with Gasteiger partial charge in [0.15, 0.2) is 0 Å². The topological polar surface area (TPSA) is 30.7 Å². The Morgan fingerprint density at radius 2 is 2.64 bits per heavy atom. The molecule has 1 rings (SSSR count). The Morgan fingerprint density at radius 1 is 1.82 bits per heavy atom. The molecule has 1 aromatic heterocycles. The van der Waals surface area contributed by atoms with Crippen molar-refractivity contribution in [3.63, 3.8) is 0 Å². The van der Waals surface area contributed by atoms with Crippen LogP contribution in [0.3, 0.4) is 0 Å². The number of nitrogens with zero attached hydrogens (tertiary/aromatic N) is 3. The maximum absolute atomic E-state index is 3.90. The third-order valence-corrected chi connectivity index (χ3v) is 2.08. The summed E-state index contributed by atoms with van der Waals surface area (Å²) in [6.07, 6.45) is 3.59. The van der Waals surface area contributed by atoms with Gasteiger partial charge in [-0.3, -0.25) is 0 Å². The minimum atomic E-state index is 0.738. The van der Waals surface area contributed by atoms with Crippen LogP contribution in [0.4, 0.5) is 0 Å². The SMILES string of the molecule is C=CCn1nncc1SCC. The molecule has 0 aliphatic carbocycles. The monoisotopic (exact) mass is 169 g/mol. The molecule has 0 amide bonds. The first-order chi connectivity index (χ1) is 5.38. The van der Waals surface area contributed by atoms with E-state index in [1.165, 1.54) is 0 Å². The predicted octanol–water partition coefficient (Wildman–Crippen LogP) is 1.58. The lowest BCUT2D eigenvalue weighted by Gasteiger charge is -1.99. The number of hydrogen-bond acceptors (Lipinski definition) is 3. The van der Waals surface area contributed by atoms with Crippen molar-refractivity contribution < 1.29 is 0 Å². The van der Waals surface area contributed by atoms with Gasteiger partial charge in [0.2, 0.25) is 0 Å². The van der Waals surface area contributed by atoms with E-state index >= 15 is 0 Å². The predicted molar refractivity (Wildman–Crippen MR) is 46.6 cm³/mol. The molecule has 0 fully saturated rings. The van der Waals surface area contributed by atoms with Crippen LogP contribution in [0.5, 0.6) is 0 Å². The average Bonchev–Trinajstić information content (AvgIpc) is 2.39. The molecule has 0 aromatic carbocycles. The molecule has 0 atom stereocenters. The highest BCUT2D eigenvalue weighted by Crippen LogP contribution is 2.14. The van der Waals surface area contributed by atoms with Crippen LogP contribution in [0.25, 0.3) is 0 Å². The van der Waals surface area contributed by atoms with Crippen LogP contribution in [0, 0.1) is 0 Å². The summed E-state index contributed by atoms with van der Waals surface area (Å²) in [7, 11) is 0. The van der Waals surface area contributed by atoms with Crippen LogP contribution < -0.4 is 0 Å². The zero-order valence-corrected chi connectivity index (χ0v) is 7.34. The molecule has 0 spiro atoms. The van der Waals surface area contributed by atoms with E-state index in [2.05, 4.69) is 23.8 Å².